The van der Waals surface area contributed by atoms with Crippen molar-refractivity contribution in [3.8, 4) is 11.6 Å². The van der Waals surface area contributed by atoms with E-state index in [1.165, 1.54) is 0 Å². The fraction of sp³-hybridized carbons (Fsp3) is 0.500. The number of aromatic nitrogens is 4. The van der Waals surface area contributed by atoms with Gasteiger partial charge in [0.25, 0.3) is 0 Å². The Hall–Kier alpha value is -1.82. The lowest BCUT2D eigenvalue weighted by Gasteiger charge is -2.04. The van der Waals surface area contributed by atoms with Crippen LogP contribution in [0.2, 0.25) is 0 Å². The molecular weight excluding hydrogens is 232 g/mol. The minimum absolute atomic E-state index is 0.0852. The molecule has 2 rings (SSSR count). The maximum absolute atomic E-state index is 9.33. The summed E-state index contributed by atoms with van der Waals surface area (Å²) in [7, 11) is 1.79. The number of nitrogens with zero attached hydrogens (tertiary/aromatic N) is 4. The Bertz CT molecular complexity index is 530. The molecule has 0 fully saturated rings. The van der Waals surface area contributed by atoms with Crippen LogP contribution in [-0.4, -0.2) is 24.7 Å². The number of aryl methyl sites for hydroxylation is 3. The van der Waals surface area contributed by atoms with E-state index in [1.54, 1.807) is 17.9 Å². The highest BCUT2D eigenvalue weighted by atomic mass is 16.5. The molecule has 2 aromatic rings. The molecule has 0 atom stereocenters. The highest BCUT2D eigenvalue weighted by Crippen LogP contribution is 2.26. The number of hydrogen-bond acceptors (Lipinski definition) is 4. The topological polar surface area (TPSA) is 65.1 Å². The van der Waals surface area contributed by atoms with Crippen LogP contribution in [0.25, 0.3) is 0 Å². The van der Waals surface area contributed by atoms with Gasteiger partial charge in [-0.3, -0.25) is 4.68 Å². The summed E-state index contributed by atoms with van der Waals surface area (Å²) < 4.78 is 9.19. The predicted molar refractivity (Wildman–Crippen MR) is 66.5 cm³/mol. The molecule has 6 heteroatoms. The van der Waals surface area contributed by atoms with Crippen LogP contribution >= 0.6 is 0 Å². The lowest BCUT2D eigenvalue weighted by molar-refractivity contribution is 0.274. The largest absolute Gasteiger partial charge is 0.436 e. The minimum Gasteiger partial charge on any atom is -0.436 e. The molecule has 98 valence electrons. The van der Waals surface area contributed by atoms with E-state index in [4.69, 9.17) is 4.74 Å². The number of aliphatic hydroxyl groups excluding tert-OH is 1. The van der Waals surface area contributed by atoms with Crippen molar-refractivity contribution in [1.29, 1.82) is 0 Å². The van der Waals surface area contributed by atoms with Crippen LogP contribution in [0.4, 0.5) is 0 Å². The summed E-state index contributed by atoms with van der Waals surface area (Å²) in [5, 5.41) is 17.7. The van der Waals surface area contributed by atoms with Gasteiger partial charge >= 0.3 is 0 Å². The summed E-state index contributed by atoms with van der Waals surface area (Å²) in [5.41, 5.74) is 1.48. The molecule has 0 bridgehead atoms. The SMILES string of the molecule is CCCn1cc(Oc2c(CO)c(C)nn2C)cn1. The molecule has 0 saturated carbocycles. The van der Waals surface area contributed by atoms with Crippen molar-refractivity contribution in [2.45, 2.75) is 33.4 Å². The van der Waals surface area contributed by atoms with Crippen LogP contribution in [-0.2, 0) is 20.2 Å². The first kappa shape index (κ1) is 12.6. The smallest absolute Gasteiger partial charge is 0.223 e. The molecule has 0 aromatic carbocycles. The summed E-state index contributed by atoms with van der Waals surface area (Å²) in [6.07, 6.45) is 4.53. The summed E-state index contributed by atoms with van der Waals surface area (Å²) in [4.78, 5) is 0. The van der Waals surface area contributed by atoms with E-state index in [0.717, 1.165) is 18.7 Å². The zero-order valence-corrected chi connectivity index (χ0v) is 10.9. The van der Waals surface area contributed by atoms with Gasteiger partial charge in [0.05, 0.1) is 30.3 Å². The molecule has 0 unspecified atom stereocenters. The molecule has 0 aliphatic rings. The van der Waals surface area contributed by atoms with E-state index in [1.807, 2.05) is 17.8 Å². The molecular formula is C12H18N4O2. The standard InChI is InChI=1S/C12H18N4O2/c1-4-5-16-7-10(6-13-16)18-12-11(8-17)9(2)14-15(12)3/h6-7,17H,4-5,8H2,1-3H3. The minimum atomic E-state index is -0.0852. The van der Waals surface area contributed by atoms with Gasteiger partial charge in [-0.1, -0.05) is 6.92 Å². The fourth-order valence-corrected chi connectivity index (χ4v) is 1.85. The molecule has 0 aliphatic carbocycles. The summed E-state index contributed by atoms with van der Waals surface area (Å²) in [5.74, 6) is 1.21. The highest BCUT2D eigenvalue weighted by molar-refractivity contribution is 5.33. The second kappa shape index (κ2) is 5.22. The second-order valence-corrected chi connectivity index (χ2v) is 4.19. The third-order valence-corrected chi connectivity index (χ3v) is 2.72. The quantitative estimate of drug-likeness (QED) is 0.875. The van der Waals surface area contributed by atoms with Gasteiger partial charge < -0.3 is 9.84 Å². The molecule has 18 heavy (non-hydrogen) atoms. The van der Waals surface area contributed by atoms with E-state index in [0.29, 0.717) is 17.2 Å². The first-order valence-corrected chi connectivity index (χ1v) is 5.99. The number of aliphatic hydroxyl groups is 1. The predicted octanol–water partition coefficient (Wildman–Crippen LogP) is 1.62. The number of hydrogen-bond donors (Lipinski definition) is 1. The third-order valence-electron chi connectivity index (χ3n) is 2.72. The first-order chi connectivity index (χ1) is 8.65. The van der Waals surface area contributed by atoms with Crippen molar-refractivity contribution in [1.82, 2.24) is 19.6 Å². The van der Waals surface area contributed by atoms with Crippen molar-refractivity contribution in [2.75, 3.05) is 0 Å². The normalized spacial score (nSPS) is 10.9. The van der Waals surface area contributed by atoms with Crippen molar-refractivity contribution in [3.63, 3.8) is 0 Å². The van der Waals surface area contributed by atoms with Crippen LogP contribution in [0.5, 0.6) is 11.6 Å². The molecule has 0 amide bonds. The second-order valence-electron chi connectivity index (χ2n) is 4.19. The molecule has 2 heterocycles. The Kier molecular flexibility index (Phi) is 3.66. The van der Waals surface area contributed by atoms with Crippen molar-refractivity contribution in [3.05, 3.63) is 23.7 Å². The lowest BCUT2D eigenvalue weighted by atomic mass is 10.3. The maximum Gasteiger partial charge on any atom is 0.223 e. The van der Waals surface area contributed by atoms with Crippen LogP contribution in [0.1, 0.15) is 24.6 Å². The van der Waals surface area contributed by atoms with Gasteiger partial charge in [0.15, 0.2) is 5.75 Å². The van der Waals surface area contributed by atoms with Gasteiger partial charge in [-0.15, -0.1) is 0 Å². The number of ether oxygens (including phenoxy) is 1. The van der Waals surface area contributed by atoms with Crippen LogP contribution in [0.3, 0.4) is 0 Å². The van der Waals surface area contributed by atoms with E-state index in [-0.39, 0.29) is 6.61 Å². The monoisotopic (exact) mass is 250 g/mol. The fourth-order valence-electron chi connectivity index (χ4n) is 1.85. The first-order valence-electron chi connectivity index (χ1n) is 5.99. The van der Waals surface area contributed by atoms with Gasteiger partial charge in [-0.25, -0.2) is 4.68 Å². The summed E-state index contributed by atoms with van der Waals surface area (Å²) in [6, 6.07) is 0. The molecule has 2 aromatic heterocycles. The Morgan fingerprint density at radius 3 is 2.89 bits per heavy atom. The van der Waals surface area contributed by atoms with Gasteiger partial charge in [-0.2, -0.15) is 10.2 Å². The summed E-state index contributed by atoms with van der Waals surface area (Å²) >= 11 is 0. The Morgan fingerprint density at radius 2 is 2.22 bits per heavy atom. The molecule has 6 nitrogen and oxygen atoms in total. The van der Waals surface area contributed by atoms with E-state index >= 15 is 0 Å². The Labute approximate surface area is 106 Å². The number of rotatable bonds is 5. The van der Waals surface area contributed by atoms with Gasteiger partial charge in [-0.05, 0) is 13.3 Å². The molecule has 0 radical (unpaired) electrons. The van der Waals surface area contributed by atoms with Crippen molar-refractivity contribution >= 4 is 0 Å². The highest BCUT2D eigenvalue weighted by Gasteiger charge is 2.15. The zero-order chi connectivity index (χ0) is 13.1. The van der Waals surface area contributed by atoms with E-state index < -0.39 is 0 Å². The molecule has 0 spiro atoms. The maximum atomic E-state index is 9.33. The van der Waals surface area contributed by atoms with Crippen molar-refractivity contribution in [2.24, 2.45) is 7.05 Å². The van der Waals surface area contributed by atoms with Crippen LogP contribution < -0.4 is 4.74 Å². The Balaban J connectivity index is 2.22. The Morgan fingerprint density at radius 1 is 1.44 bits per heavy atom. The average molecular weight is 250 g/mol. The average Bonchev–Trinajstić information content (AvgIpc) is 2.86. The van der Waals surface area contributed by atoms with Crippen LogP contribution in [0.15, 0.2) is 12.4 Å². The molecule has 0 saturated heterocycles. The lowest BCUT2D eigenvalue weighted by Crippen LogP contribution is -1.97. The molecule has 1 N–H and O–H groups in total. The zero-order valence-electron chi connectivity index (χ0n) is 10.9. The van der Waals surface area contributed by atoms with Gasteiger partial charge in [0.2, 0.25) is 5.88 Å². The summed E-state index contributed by atoms with van der Waals surface area (Å²) in [6.45, 7) is 4.72. The molecule has 0 aliphatic heterocycles. The van der Waals surface area contributed by atoms with E-state index in [9.17, 15) is 5.11 Å². The van der Waals surface area contributed by atoms with E-state index in [2.05, 4.69) is 17.1 Å². The van der Waals surface area contributed by atoms with Crippen molar-refractivity contribution < 1.29 is 9.84 Å². The van der Waals surface area contributed by atoms with Gasteiger partial charge in [0.1, 0.15) is 0 Å². The van der Waals surface area contributed by atoms with Crippen LogP contribution in [0, 0.1) is 6.92 Å². The van der Waals surface area contributed by atoms with Gasteiger partial charge in [0, 0.05) is 13.6 Å². The third kappa shape index (κ3) is 2.38.